The van der Waals surface area contributed by atoms with Gasteiger partial charge in [-0.1, -0.05) is 30.3 Å². The number of anilines is 2. The van der Waals surface area contributed by atoms with Crippen LogP contribution < -0.4 is 10.1 Å². The fourth-order valence-electron chi connectivity index (χ4n) is 3.85. The fourth-order valence-corrected chi connectivity index (χ4v) is 4.02. The number of rotatable bonds is 7. The lowest BCUT2D eigenvalue weighted by Gasteiger charge is -2.15. The lowest BCUT2D eigenvalue weighted by Crippen LogP contribution is -2.04. The van der Waals surface area contributed by atoms with Crippen molar-refractivity contribution in [1.29, 1.82) is 0 Å². The summed E-state index contributed by atoms with van der Waals surface area (Å²) >= 11 is 6.11. The molecule has 0 amide bonds. The number of hydrogen-bond acceptors (Lipinski definition) is 6. The van der Waals surface area contributed by atoms with Gasteiger partial charge in [0.2, 0.25) is 0 Å². The summed E-state index contributed by atoms with van der Waals surface area (Å²) in [6.45, 7) is 5.94. The van der Waals surface area contributed by atoms with Crippen molar-refractivity contribution in [2.45, 2.75) is 13.3 Å². The Hall–Kier alpha value is -4.30. The zero-order valence-corrected chi connectivity index (χ0v) is 20.4. The summed E-state index contributed by atoms with van der Waals surface area (Å²) in [5.41, 5.74) is 4.60. The first kappa shape index (κ1) is 23.4. The molecule has 7 nitrogen and oxygen atoms in total. The van der Waals surface area contributed by atoms with E-state index in [-0.39, 0.29) is 0 Å². The SMILES string of the molecule is C=C(C)c1cnc(-c2cc(Cl)ccc2F)cc1Nc1nc(Cc2ccc(OC)cc2)nc2[nH]ncc12. The van der Waals surface area contributed by atoms with E-state index in [0.717, 1.165) is 22.4 Å². The first-order valence-electron chi connectivity index (χ1n) is 11.1. The number of ether oxygens (including phenoxy) is 1. The van der Waals surface area contributed by atoms with E-state index in [4.69, 9.17) is 21.3 Å². The van der Waals surface area contributed by atoms with E-state index >= 15 is 0 Å². The molecule has 2 aromatic carbocycles. The van der Waals surface area contributed by atoms with E-state index in [1.807, 2.05) is 31.2 Å². The minimum absolute atomic E-state index is 0.301. The molecule has 9 heteroatoms. The van der Waals surface area contributed by atoms with Gasteiger partial charge >= 0.3 is 0 Å². The summed E-state index contributed by atoms with van der Waals surface area (Å²) in [5, 5.41) is 11.6. The third kappa shape index (κ3) is 4.76. The Bertz CT molecular complexity index is 1580. The van der Waals surface area contributed by atoms with E-state index in [0.29, 0.717) is 51.1 Å². The molecule has 0 unspecified atom stereocenters. The average Bonchev–Trinajstić information content (AvgIpc) is 3.35. The first-order chi connectivity index (χ1) is 17.4. The number of hydrogen-bond donors (Lipinski definition) is 2. The fraction of sp³-hybridized carbons (Fsp3) is 0.111. The summed E-state index contributed by atoms with van der Waals surface area (Å²) in [4.78, 5) is 13.9. The van der Waals surface area contributed by atoms with E-state index in [1.165, 1.54) is 12.1 Å². The molecule has 0 atom stereocenters. The zero-order chi connectivity index (χ0) is 25.2. The third-order valence-electron chi connectivity index (χ3n) is 5.70. The molecule has 0 saturated heterocycles. The molecule has 0 aliphatic rings. The number of aromatic amines is 1. The molecule has 5 aromatic rings. The maximum Gasteiger partial charge on any atom is 0.161 e. The molecule has 0 aliphatic heterocycles. The first-order valence-corrected chi connectivity index (χ1v) is 11.5. The van der Waals surface area contributed by atoms with Gasteiger partial charge in [-0.05, 0) is 54.5 Å². The minimum Gasteiger partial charge on any atom is -0.497 e. The van der Waals surface area contributed by atoms with Crippen LogP contribution in [0.1, 0.15) is 23.9 Å². The summed E-state index contributed by atoms with van der Waals surface area (Å²) in [6, 6.07) is 13.9. The molecule has 0 fully saturated rings. The number of nitrogens with zero attached hydrogens (tertiary/aromatic N) is 4. The number of pyridine rings is 1. The number of nitrogens with one attached hydrogen (secondary N) is 2. The van der Waals surface area contributed by atoms with Gasteiger partial charge < -0.3 is 10.1 Å². The smallest absolute Gasteiger partial charge is 0.161 e. The van der Waals surface area contributed by atoms with Crippen LogP contribution in [0.5, 0.6) is 5.75 Å². The molecular weight excluding hydrogens is 479 g/mol. The Morgan fingerprint density at radius 3 is 2.67 bits per heavy atom. The highest BCUT2D eigenvalue weighted by molar-refractivity contribution is 6.30. The van der Waals surface area contributed by atoms with Crippen LogP contribution in [0.3, 0.4) is 0 Å². The largest absolute Gasteiger partial charge is 0.497 e. The van der Waals surface area contributed by atoms with E-state index < -0.39 is 5.82 Å². The molecule has 0 spiro atoms. The van der Waals surface area contributed by atoms with Crippen molar-refractivity contribution >= 4 is 39.7 Å². The Labute approximate surface area is 212 Å². The Morgan fingerprint density at radius 1 is 1.11 bits per heavy atom. The highest BCUT2D eigenvalue weighted by Crippen LogP contribution is 2.33. The predicted octanol–water partition coefficient (Wildman–Crippen LogP) is 6.58. The van der Waals surface area contributed by atoms with Crippen molar-refractivity contribution in [2.75, 3.05) is 12.4 Å². The zero-order valence-electron chi connectivity index (χ0n) is 19.6. The van der Waals surface area contributed by atoms with E-state index in [9.17, 15) is 4.39 Å². The summed E-state index contributed by atoms with van der Waals surface area (Å²) in [7, 11) is 1.63. The van der Waals surface area contributed by atoms with Crippen molar-refractivity contribution in [3.05, 3.63) is 95.3 Å². The van der Waals surface area contributed by atoms with Crippen LogP contribution in [0, 0.1) is 5.82 Å². The summed E-state index contributed by atoms with van der Waals surface area (Å²) in [5.74, 6) is 1.53. The van der Waals surface area contributed by atoms with Crippen molar-refractivity contribution in [3.8, 4) is 17.0 Å². The number of halogens is 2. The standard InChI is InChI=1S/C27H22ClFN6O/c1-15(2)20-13-30-23(19-11-17(28)6-9-22(19)29)12-24(20)32-26-21-14-31-35-27(21)34-25(33-26)10-16-4-7-18(36-3)8-5-16/h4-9,11-14H,1,10H2,2-3H3,(H2,30,31,32,33,34,35). The Kier molecular flexibility index (Phi) is 6.35. The van der Waals surface area contributed by atoms with Crippen LogP contribution >= 0.6 is 11.6 Å². The van der Waals surface area contributed by atoms with Crippen molar-refractivity contribution < 1.29 is 9.13 Å². The monoisotopic (exact) mass is 500 g/mol. The van der Waals surface area contributed by atoms with Crippen molar-refractivity contribution in [1.82, 2.24) is 25.1 Å². The van der Waals surface area contributed by atoms with Crippen LogP contribution in [0.4, 0.5) is 15.9 Å². The lowest BCUT2D eigenvalue weighted by molar-refractivity contribution is 0.414. The molecule has 180 valence electrons. The number of H-pyrrole nitrogens is 1. The van der Waals surface area contributed by atoms with Crippen molar-refractivity contribution in [3.63, 3.8) is 0 Å². The molecule has 3 aromatic heterocycles. The molecular formula is C27H22ClFN6O. The molecule has 0 radical (unpaired) electrons. The number of aromatic nitrogens is 5. The summed E-state index contributed by atoms with van der Waals surface area (Å²) in [6.07, 6.45) is 3.83. The lowest BCUT2D eigenvalue weighted by atomic mass is 10.0. The van der Waals surface area contributed by atoms with Gasteiger partial charge in [-0.15, -0.1) is 0 Å². The topological polar surface area (TPSA) is 88.6 Å². The molecule has 0 aliphatic carbocycles. The molecule has 36 heavy (non-hydrogen) atoms. The van der Waals surface area contributed by atoms with E-state index in [2.05, 4.69) is 32.1 Å². The maximum atomic E-state index is 14.6. The average molecular weight is 501 g/mol. The molecule has 0 bridgehead atoms. The molecule has 0 saturated carbocycles. The highest BCUT2D eigenvalue weighted by Gasteiger charge is 2.16. The van der Waals surface area contributed by atoms with Gasteiger partial charge in [0.15, 0.2) is 5.65 Å². The van der Waals surface area contributed by atoms with Crippen molar-refractivity contribution in [2.24, 2.45) is 0 Å². The van der Waals surface area contributed by atoms with Gasteiger partial charge in [0.05, 0.1) is 30.1 Å². The van der Waals surface area contributed by atoms with Gasteiger partial charge in [-0.25, -0.2) is 14.4 Å². The minimum atomic E-state index is -0.415. The molecule has 3 heterocycles. The second-order valence-electron chi connectivity index (χ2n) is 8.29. The van der Waals surface area contributed by atoms with Crippen LogP contribution in [0.15, 0.2) is 67.5 Å². The molecule has 5 rings (SSSR count). The van der Waals surface area contributed by atoms with Gasteiger partial charge in [0.1, 0.15) is 23.2 Å². The van der Waals surface area contributed by atoms with Crippen LogP contribution in [-0.2, 0) is 6.42 Å². The van der Waals surface area contributed by atoms with Gasteiger partial charge in [0.25, 0.3) is 0 Å². The second-order valence-corrected chi connectivity index (χ2v) is 8.73. The normalized spacial score (nSPS) is 11.0. The van der Waals surface area contributed by atoms with Gasteiger partial charge in [0, 0.05) is 28.8 Å². The Morgan fingerprint density at radius 2 is 1.92 bits per heavy atom. The number of benzene rings is 2. The number of methoxy groups -OCH3 is 1. The van der Waals surface area contributed by atoms with Crippen LogP contribution in [0.25, 0.3) is 27.9 Å². The van der Waals surface area contributed by atoms with Gasteiger partial charge in [-0.2, -0.15) is 5.10 Å². The molecule has 2 N–H and O–H groups in total. The maximum absolute atomic E-state index is 14.6. The highest BCUT2D eigenvalue weighted by atomic mass is 35.5. The predicted molar refractivity (Wildman–Crippen MR) is 140 cm³/mol. The Balaban J connectivity index is 1.56. The summed E-state index contributed by atoms with van der Waals surface area (Å²) < 4.78 is 19.8. The van der Waals surface area contributed by atoms with Crippen LogP contribution in [-0.4, -0.2) is 32.3 Å². The number of allylic oxidation sites excluding steroid dienone is 1. The van der Waals surface area contributed by atoms with Crippen LogP contribution in [0.2, 0.25) is 5.02 Å². The van der Waals surface area contributed by atoms with E-state index in [1.54, 1.807) is 31.6 Å². The van der Waals surface area contributed by atoms with Gasteiger partial charge in [-0.3, -0.25) is 10.1 Å². The third-order valence-corrected chi connectivity index (χ3v) is 5.93. The second kappa shape index (κ2) is 9.75. The number of fused-ring (bicyclic) bond motifs is 1. The quantitative estimate of drug-likeness (QED) is 0.262.